The molecule has 5 aromatic rings. The topological polar surface area (TPSA) is 104 Å². The van der Waals surface area contributed by atoms with Crippen LogP contribution >= 0.6 is 69.1 Å². The van der Waals surface area contributed by atoms with Crippen LogP contribution in [0.3, 0.4) is 0 Å². The van der Waals surface area contributed by atoms with Gasteiger partial charge in [0.15, 0.2) is 5.78 Å². The maximum Gasteiger partial charge on any atom is 0.303 e. The number of nitrogens with zero attached hydrogens (tertiary/aromatic N) is 1. The van der Waals surface area contributed by atoms with Gasteiger partial charge >= 0.3 is 5.97 Å². The van der Waals surface area contributed by atoms with Gasteiger partial charge in [0.25, 0.3) is 0 Å². The predicted molar refractivity (Wildman–Crippen MR) is 243 cm³/mol. The molecule has 3 unspecified atom stereocenters. The number of carbonyl (C=O) groups is 2. The summed E-state index contributed by atoms with van der Waals surface area (Å²) in [5.41, 5.74) is 12.8. The molecule has 0 saturated carbocycles. The van der Waals surface area contributed by atoms with E-state index in [0.717, 1.165) is 55.9 Å². The lowest BCUT2D eigenvalue weighted by atomic mass is 9.87. The van der Waals surface area contributed by atoms with Gasteiger partial charge < -0.3 is 10.8 Å². The van der Waals surface area contributed by atoms with Crippen LogP contribution in [-0.2, 0) is 36.9 Å². The average Bonchev–Trinajstić information content (AvgIpc) is 4.05. The van der Waals surface area contributed by atoms with Crippen molar-refractivity contribution in [2.24, 2.45) is 5.73 Å². The first kappa shape index (κ1) is 46.1. The van der Waals surface area contributed by atoms with Crippen molar-refractivity contribution in [2.45, 2.75) is 134 Å². The Morgan fingerprint density at radius 2 is 1.34 bits per heavy atom. The summed E-state index contributed by atoms with van der Waals surface area (Å²) in [4.78, 5) is 26.9. The van der Waals surface area contributed by atoms with Gasteiger partial charge in [0.05, 0.1) is 16.9 Å². The number of halogens is 1. The van der Waals surface area contributed by atoms with Gasteiger partial charge in [-0.3, -0.25) is 9.59 Å². The van der Waals surface area contributed by atoms with E-state index in [2.05, 4.69) is 58.8 Å². The second-order valence-electron chi connectivity index (χ2n) is 14.6. The second-order valence-corrected chi connectivity index (χ2v) is 19.2. The molecular formula is C45H57ClN2O3S5. The van der Waals surface area contributed by atoms with Crippen molar-refractivity contribution in [1.82, 2.24) is 0 Å². The van der Waals surface area contributed by atoms with Crippen LogP contribution in [0.2, 0.25) is 0 Å². The molecule has 0 radical (unpaired) electrons. The van der Waals surface area contributed by atoms with Crippen LogP contribution in [0, 0.1) is 11.3 Å². The summed E-state index contributed by atoms with van der Waals surface area (Å²) in [6, 6.07) is 13.2. The minimum Gasteiger partial charge on any atom is -0.481 e. The van der Waals surface area contributed by atoms with E-state index in [-0.39, 0.29) is 24.7 Å². The third-order valence-electron chi connectivity index (χ3n) is 10.7. The number of carbonyl (C=O) groups excluding carboxylic acids is 1. The number of hydrogen-bond acceptors (Lipinski definition) is 9. The number of ketones is 1. The molecule has 302 valence electrons. The van der Waals surface area contributed by atoms with Gasteiger partial charge in [0, 0.05) is 33.4 Å². The van der Waals surface area contributed by atoms with E-state index in [1.54, 1.807) is 54.9 Å². The number of aliphatic carboxylic acids is 1. The Labute approximate surface area is 360 Å². The number of Topliss-reactive ketones (excluding diaryl/α,β-unsaturated/α-hetero) is 1. The van der Waals surface area contributed by atoms with Gasteiger partial charge in [-0.25, -0.2) is 0 Å². The SMILES string of the molecule is CCCC1CCCc2ccsc21.Cl.N#CC1CCCc2ccsc21.NCC1CCCc2ccsc21.O=C(O)CCCc1ccsc1.O=C1CCCc2ccsc21. The lowest BCUT2D eigenvalue weighted by Crippen LogP contribution is -2.16. The summed E-state index contributed by atoms with van der Waals surface area (Å²) >= 11 is 8.82. The lowest BCUT2D eigenvalue weighted by molar-refractivity contribution is -0.137. The normalized spacial score (nSPS) is 18.7. The third-order valence-corrected chi connectivity index (χ3v) is 15.7. The van der Waals surface area contributed by atoms with Crippen LogP contribution in [0.25, 0.3) is 0 Å². The first-order valence-electron chi connectivity index (χ1n) is 20.0. The van der Waals surface area contributed by atoms with Gasteiger partial charge in [-0.2, -0.15) is 16.6 Å². The fraction of sp³-hybridized carbons (Fsp3) is 0.489. The van der Waals surface area contributed by atoms with Crippen molar-refractivity contribution in [3.05, 3.63) is 110 Å². The molecule has 0 amide bonds. The molecule has 5 aromatic heterocycles. The molecule has 5 heterocycles. The van der Waals surface area contributed by atoms with Gasteiger partial charge in [-0.05, 0) is 193 Å². The van der Waals surface area contributed by atoms with E-state index >= 15 is 0 Å². The Balaban J connectivity index is 0.000000155. The molecular weight excluding hydrogens is 812 g/mol. The molecule has 56 heavy (non-hydrogen) atoms. The Kier molecular flexibility index (Phi) is 20.6. The van der Waals surface area contributed by atoms with Crippen molar-refractivity contribution < 1.29 is 14.7 Å². The minimum absolute atomic E-state index is 0. The molecule has 0 fully saturated rings. The summed E-state index contributed by atoms with van der Waals surface area (Å²) < 4.78 is 0. The lowest BCUT2D eigenvalue weighted by Gasteiger charge is -2.21. The quantitative estimate of drug-likeness (QED) is 0.170. The molecule has 5 nitrogen and oxygen atoms in total. The van der Waals surface area contributed by atoms with E-state index in [1.807, 2.05) is 39.5 Å². The highest BCUT2D eigenvalue weighted by atomic mass is 35.5. The second kappa shape index (κ2) is 25.0. The molecule has 0 aliphatic heterocycles. The third kappa shape index (κ3) is 13.8. The molecule has 9 rings (SSSR count). The van der Waals surface area contributed by atoms with Crippen LogP contribution in [0.15, 0.2) is 62.6 Å². The van der Waals surface area contributed by atoms with E-state index in [4.69, 9.17) is 16.1 Å². The Morgan fingerprint density at radius 1 is 0.768 bits per heavy atom. The number of nitrogens with two attached hydrogens (primary N) is 1. The van der Waals surface area contributed by atoms with Crippen LogP contribution in [0.5, 0.6) is 0 Å². The summed E-state index contributed by atoms with van der Waals surface area (Å²) in [5.74, 6) is 1.40. The number of aryl methyl sites for hydroxylation is 5. The molecule has 4 aliphatic rings. The van der Waals surface area contributed by atoms with Crippen molar-refractivity contribution in [3.63, 3.8) is 0 Å². The average molecular weight is 870 g/mol. The summed E-state index contributed by atoms with van der Waals surface area (Å²) in [5, 5.41) is 29.8. The number of hydrogen-bond donors (Lipinski definition) is 2. The first-order valence-corrected chi connectivity index (χ1v) is 24.5. The van der Waals surface area contributed by atoms with Crippen LogP contribution in [-0.4, -0.2) is 23.4 Å². The van der Waals surface area contributed by atoms with Gasteiger partial charge in [-0.15, -0.1) is 57.8 Å². The Bertz CT molecular complexity index is 1920. The number of carboxylic acids is 1. The smallest absolute Gasteiger partial charge is 0.303 e. The summed E-state index contributed by atoms with van der Waals surface area (Å²) in [6.07, 6.45) is 19.0. The number of fused-ring (bicyclic) bond motifs is 4. The molecule has 3 N–H and O–H groups in total. The highest BCUT2D eigenvalue weighted by molar-refractivity contribution is 7.12. The van der Waals surface area contributed by atoms with Gasteiger partial charge in [-0.1, -0.05) is 13.3 Å². The number of rotatable bonds is 7. The predicted octanol–water partition coefficient (Wildman–Crippen LogP) is 13.6. The molecule has 4 aliphatic carbocycles. The van der Waals surface area contributed by atoms with Crippen LogP contribution in [0.1, 0.15) is 154 Å². The van der Waals surface area contributed by atoms with Crippen molar-refractivity contribution in [2.75, 3.05) is 6.54 Å². The molecule has 0 spiro atoms. The molecule has 3 atom stereocenters. The summed E-state index contributed by atoms with van der Waals surface area (Å²) in [7, 11) is 0. The van der Waals surface area contributed by atoms with E-state index < -0.39 is 5.97 Å². The monoisotopic (exact) mass is 868 g/mol. The zero-order valence-corrected chi connectivity index (χ0v) is 37.4. The van der Waals surface area contributed by atoms with E-state index in [9.17, 15) is 9.59 Å². The van der Waals surface area contributed by atoms with Crippen LogP contribution < -0.4 is 5.73 Å². The minimum atomic E-state index is -0.708. The Hall–Kier alpha value is -2.62. The molecule has 0 aromatic carbocycles. The fourth-order valence-electron chi connectivity index (χ4n) is 7.83. The molecule has 11 heteroatoms. The number of nitriles is 1. The van der Waals surface area contributed by atoms with Gasteiger partial charge in [0.1, 0.15) is 0 Å². The fourth-order valence-corrected chi connectivity index (χ4v) is 12.7. The molecule has 0 saturated heterocycles. The Morgan fingerprint density at radius 3 is 1.93 bits per heavy atom. The maximum atomic E-state index is 11.2. The van der Waals surface area contributed by atoms with Crippen LogP contribution in [0.4, 0.5) is 0 Å². The highest BCUT2D eigenvalue weighted by Crippen LogP contribution is 2.38. The first-order chi connectivity index (χ1) is 26.9. The zero-order chi connectivity index (χ0) is 38.8. The van der Waals surface area contributed by atoms with Crippen molar-refractivity contribution in [1.29, 1.82) is 5.26 Å². The largest absolute Gasteiger partial charge is 0.481 e. The summed E-state index contributed by atoms with van der Waals surface area (Å²) in [6.45, 7) is 3.12. The molecule has 0 bridgehead atoms. The zero-order valence-electron chi connectivity index (χ0n) is 32.5. The van der Waals surface area contributed by atoms with Crippen molar-refractivity contribution in [3.8, 4) is 6.07 Å². The number of thiophene rings is 5. The van der Waals surface area contributed by atoms with Gasteiger partial charge in [0.2, 0.25) is 0 Å². The van der Waals surface area contributed by atoms with Crippen molar-refractivity contribution >= 4 is 80.8 Å². The number of carboxylic acid groups (broad SMARTS) is 1. The highest BCUT2D eigenvalue weighted by Gasteiger charge is 2.22. The standard InChI is InChI=1S/C11H16S.C9H13NS.C9H9NS.C8H10O2S.C8H8OS.ClH/c1-2-4-9-5-3-6-10-7-8-12-11(9)10;2*10-6-8-3-1-2-7-4-5-11-9(7)8;9-8(10)3-1-2-7-4-5-11-6-7;9-7-3-1-2-6-4-5-10-8(6)7;/h7-9H,2-6H2,1H3;4-5,8H,1-3,6,10H2;4-5,8H,1-3H2;4-6H,1-3H2,(H,9,10);4-5H,1-3H2;1H. The van der Waals surface area contributed by atoms with E-state index in [1.165, 1.54) is 85.8 Å². The maximum absolute atomic E-state index is 11.2. The van der Waals surface area contributed by atoms with E-state index in [0.29, 0.717) is 11.7 Å².